The van der Waals surface area contributed by atoms with Crippen molar-refractivity contribution in [3.05, 3.63) is 0 Å². The van der Waals surface area contributed by atoms with Crippen molar-refractivity contribution < 1.29 is 5.11 Å². The Balaban J connectivity index is 2.50. The predicted octanol–water partition coefficient (Wildman–Crippen LogP) is 0.938. The molecule has 1 saturated heterocycles. The molecule has 1 aliphatic rings. The molecule has 0 aliphatic carbocycles. The molecule has 0 aromatic heterocycles. The third-order valence-electron chi connectivity index (χ3n) is 3.22. The maximum Gasteiger partial charge on any atom is 0.0920 e. The van der Waals surface area contributed by atoms with Crippen molar-refractivity contribution >= 4 is 5.84 Å². The van der Waals surface area contributed by atoms with Gasteiger partial charge in [-0.1, -0.05) is 6.42 Å². The number of piperidine rings is 1. The number of nitrogens with two attached hydrogens (primary N) is 1. The molecule has 1 rings (SSSR count). The van der Waals surface area contributed by atoms with E-state index in [4.69, 9.17) is 16.2 Å². The van der Waals surface area contributed by atoms with Crippen LogP contribution in [0.2, 0.25) is 0 Å². The van der Waals surface area contributed by atoms with Gasteiger partial charge in [0.1, 0.15) is 0 Å². The zero-order valence-corrected chi connectivity index (χ0v) is 9.58. The van der Waals surface area contributed by atoms with Gasteiger partial charge in [-0.25, -0.2) is 0 Å². The van der Waals surface area contributed by atoms with E-state index in [1.54, 1.807) is 0 Å². The largest absolute Gasteiger partial charge is 0.396 e. The molecule has 0 bridgehead atoms. The van der Waals surface area contributed by atoms with E-state index in [1.165, 1.54) is 19.3 Å². The van der Waals surface area contributed by atoms with Crippen molar-refractivity contribution in [2.24, 2.45) is 5.73 Å². The SMILES string of the molecule is CC(CC(=N)N)N1CCCCC1CCO. The standard InChI is InChI=1S/C11H23N3O/c1-9(8-11(12)13)14-6-3-2-4-10(14)5-7-15/h9-10,15H,2-8H2,1H3,(H3,12,13). The summed E-state index contributed by atoms with van der Waals surface area (Å²) in [6.07, 6.45) is 5.14. The predicted molar refractivity (Wildman–Crippen MR) is 62.0 cm³/mol. The smallest absolute Gasteiger partial charge is 0.0920 e. The number of likely N-dealkylation sites (tertiary alicyclic amines) is 1. The molecule has 15 heavy (non-hydrogen) atoms. The molecule has 88 valence electrons. The molecule has 4 heteroatoms. The maximum atomic E-state index is 9.01. The molecule has 0 radical (unpaired) electrons. The van der Waals surface area contributed by atoms with E-state index in [1.807, 2.05) is 0 Å². The molecule has 1 aliphatic heterocycles. The summed E-state index contributed by atoms with van der Waals surface area (Å²) < 4.78 is 0. The van der Waals surface area contributed by atoms with Crippen molar-refractivity contribution in [1.82, 2.24) is 4.90 Å². The highest BCUT2D eigenvalue weighted by molar-refractivity contribution is 5.77. The highest BCUT2D eigenvalue weighted by Gasteiger charge is 2.26. The van der Waals surface area contributed by atoms with Gasteiger partial charge in [0.25, 0.3) is 0 Å². The van der Waals surface area contributed by atoms with E-state index >= 15 is 0 Å². The normalized spacial score (nSPS) is 25.1. The third kappa shape index (κ3) is 3.80. The zero-order chi connectivity index (χ0) is 11.3. The highest BCUT2D eigenvalue weighted by atomic mass is 16.3. The van der Waals surface area contributed by atoms with Crippen molar-refractivity contribution in [3.63, 3.8) is 0 Å². The molecular formula is C11H23N3O. The van der Waals surface area contributed by atoms with Crippen LogP contribution in [0.5, 0.6) is 0 Å². The first-order valence-corrected chi connectivity index (χ1v) is 5.84. The van der Waals surface area contributed by atoms with E-state index in [0.29, 0.717) is 18.5 Å². The number of nitrogens with one attached hydrogen (secondary N) is 1. The van der Waals surface area contributed by atoms with Crippen LogP contribution >= 0.6 is 0 Å². The van der Waals surface area contributed by atoms with Crippen LogP contribution in [0.15, 0.2) is 0 Å². The topological polar surface area (TPSA) is 73.3 Å². The number of rotatable bonds is 5. The average Bonchev–Trinajstić information content (AvgIpc) is 2.18. The van der Waals surface area contributed by atoms with Gasteiger partial charge in [-0.2, -0.15) is 0 Å². The van der Waals surface area contributed by atoms with Gasteiger partial charge in [-0.05, 0) is 32.7 Å². The first-order valence-electron chi connectivity index (χ1n) is 5.84. The lowest BCUT2D eigenvalue weighted by Crippen LogP contribution is -2.46. The number of aliphatic hydroxyl groups is 1. The van der Waals surface area contributed by atoms with Gasteiger partial charge < -0.3 is 10.8 Å². The van der Waals surface area contributed by atoms with Gasteiger partial charge in [-0.15, -0.1) is 0 Å². The summed E-state index contributed by atoms with van der Waals surface area (Å²) in [5.74, 6) is 0.260. The second kappa shape index (κ2) is 6.08. The minimum atomic E-state index is 0.258. The molecule has 0 amide bonds. The summed E-state index contributed by atoms with van der Waals surface area (Å²) in [6.45, 7) is 3.46. The van der Waals surface area contributed by atoms with E-state index in [9.17, 15) is 0 Å². The Morgan fingerprint density at radius 3 is 2.93 bits per heavy atom. The van der Waals surface area contributed by atoms with Crippen molar-refractivity contribution in [2.45, 2.75) is 51.1 Å². The molecule has 0 spiro atoms. The number of amidine groups is 1. The minimum Gasteiger partial charge on any atom is -0.396 e. The monoisotopic (exact) mass is 213 g/mol. The van der Waals surface area contributed by atoms with Gasteiger partial charge in [0.2, 0.25) is 0 Å². The van der Waals surface area contributed by atoms with Crippen LogP contribution in [-0.2, 0) is 0 Å². The summed E-state index contributed by atoms with van der Waals surface area (Å²) in [7, 11) is 0. The van der Waals surface area contributed by atoms with Crippen molar-refractivity contribution in [2.75, 3.05) is 13.2 Å². The molecule has 2 unspecified atom stereocenters. The third-order valence-corrected chi connectivity index (χ3v) is 3.22. The molecule has 1 heterocycles. The number of aliphatic hydroxyl groups excluding tert-OH is 1. The van der Waals surface area contributed by atoms with Crippen molar-refractivity contribution in [3.8, 4) is 0 Å². The van der Waals surface area contributed by atoms with Crippen LogP contribution in [0.25, 0.3) is 0 Å². The van der Waals surface area contributed by atoms with Crippen LogP contribution in [0.4, 0.5) is 0 Å². The van der Waals surface area contributed by atoms with E-state index in [2.05, 4.69) is 11.8 Å². The number of hydrogen-bond donors (Lipinski definition) is 3. The molecule has 4 nitrogen and oxygen atoms in total. The second-order valence-corrected chi connectivity index (χ2v) is 4.48. The van der Waals surface area contributed by atoms with Crippen LogP contribution in [0.3, 0.4) is 0 Å². The second-order valence-electron chi connectivity index (χ2n) is 4.48. The summed E-state index contributed by atoms with van der Waals surface area (Å²) >= 11 is 0. The molecule has 0 aromatic rings. The highest BCUT2D eigenvalue weighted by Crippen LogP contribution is 2.22. The fourth-order valence-electron chi connectivity index (χ4n) is 2.50. The minimum absolute atomic E-state index is 0.258. The lowest BCUT2D eigenvalue weighted by atomic mass is 9.97. The Morgan fingerprint density at radius 2 is 2.33 bits per heavy atom. The van der Waals surface area contributed by atoms with Gasteiger partial charge in [-0.3, -0.25) is 10.3 Å². The summed E-state index contributed by atoms with van der Waals surface area (Å²) in [5.41, 5.74) is 5.43. The molecule has 2 atom stereocenters. The molecule has 4 N–H and O–H groups in total. The zero-order valence-electron chi connectivity index (χ0n) is 9.58. The lowest BCUT2D eigenvalue weighted by Gasteiger charge is -2.39. The van der Waals surface area contributed by atoms with Crippen LogP contribution in [-0.4, -0.2) is 41.1 Å². The molecule has 1 fully saturated rings. The summed E-state index contributed by atoms with van der Waals surface area (Å²) in [4.78, 5) is 2.40. The Kier molecular flexibility index (Phi) is 5.05. The van der Waals surface area contributed by atoms with Gasteiger partial charge >= 0.3 is 0 Å². The average molecular weight is 213 g/mol. The fraction of sp³-hybridized carbons (Fsp3) is 0.909. The van der Waals surface area contributed by atoms with E-state index in [-0.39, 0.29) is 12.4 Å². The molecule has 0 aromatic carbocycles. The number of nitrogens with zero attached hydrogens (tertiary/aromatic N) is 1. The van der Waals surface area contributed by atoms with Crippen LogP contribution in [0.1, 0.15) is 39.0 Å². The Hall–Kier alpha value is -0.610. The van der Waals surface area contributed by atoms with Crippen LogP contribution < -0.4 is 5.73 Å². The summed E-state index contributed by atoms with van der Waals surface area (Å²) in [6, 6.07) is 0.817. The van der Waals surface area contributed by atoms with Crippen LogP contribution in [0, 0.1) is 5.41 Å². The first-order chi connectivity index (χ1) is 7.15. The van der Waals surface area contributed by atoms with E-state index < -0.39 is 0 Å². The Morgan fingerprint density at radius 1 is 1.60 bits per heavy atom. The quantitative estimate of drug-likeness (QED) is 0.470. The Labute approximate surface area is 92.0 Å². The van der Waals surface area contributed by atoms with Crippen molar-refractivity contribution in [1.29, 1.82) is 5.41 Å². The maximum absolute atomic E-state index is 9.01. The van der Waals surface area contributed by atoms with Gasteiger partial charge in [0.05, 0.1) is 5.84 Å². The fourth-order valence-corrected chi connectivity index (χ4v) is 2.50. The molecule has 0 saturated carbocycles. The van der Waals surface area contributed by atoms with Gasteiger partial charge in [0.15, 0.2) is 0 Å². The van der Waals surface area contributed by atoms with Gasteiger partial charge in [0, 0.05) is 25.1 Å². The van der Waals surface area contributed by atoms with E-state index in [0.717, 1.165) is 13.0 Å². The first kappa shape index (κ1) is 12.5. The summed E-state index contributed by atoms with van der Waals surface area (Å²) in [5, 5.41) is 16.3. The molecular weight excluding hydrogens is 190 g/mol. The Bertz CT molecular complexity index is 206. The number of hydrogen-bond acceptors (Lipinski definition) is 3. The lowest BCUT2D eigenvalue weighted by molar-refractivity contribution is 0.0854.